The van der Waals surface area contributed by atoms with Gasteiger partial charge in [0.05, 0.1) is 12.2 Å². The molecule has 2 rings (SSSR count). The van der Waals surface area contributed by atoms with Gasteiger partial charge in [0.2, 0.25) is 0 Å². The van der Waals surface area contributed by atoms with Gasteiger partial charge in [-0.1, -0.05) is 19.1 Å². The number of benzene rings is 1. The van der Waals surface area contributed by atoms with Crippen LogP contribution in [0.3, 0.4) is 0 Å². The van der Waals surface area contributed by atoms with Crippen molar-refractivity contribution in [2.24, 2.45) is 0 Å². The van der Waals surface area contributed by atoms with Crippen LogP contribution in [-0.4, -0.2) is 43.7 Å². The quantitative estimate of drug-likeness (QED) is 0.905. The Balaban J connectivity index is 2.12. The molecule has 1 aliphatic heterocycles. The van der Waals surface area contributed by atoms with Gasteiger partial charge in [-0.25, -0.2) is 0 Å². The molecule has 0 saturated carbocycles. The van der Waals surface area contributed by atoms with Crippen LogP contribution in [0.4, 0.5) is 5.69 Å². The van der Waals surface area contributed by atoms with Crippen molar-refractivity contribution in [2.75, 3.05) is 38.2 Å². The summed E-state index contributed by atoms with van der Waals surface area (Å²) in [6, 6.07) is 7.74. The minimum atomic E-state index is 0.102. The number of hydrogen-bond donors (Lipinski definition) is 1. The molecule has 0 spiro atoms. The second-order valence-electron chi connectivity index (χ2n) is 4.73. The van der Waals surface area contributed by atoms with Gasteiger partial charge in [-0.15, -0.1) is 0 Å². The molecule has 1 heterocycles. The lowest BCUT2D eigenvalue weighted by atomic mass is 10.1. The summed E-state index contributed by atoms with van der Waals surface area (Å²) < 4.78 is 5.40. The molecular formula is C15H22N2O2. The second kappa shape index (κ2) is 7.14. The van der Waals surface area contributed by atoms with E-state index in [0.29, 0.717) is 13.2 Å². The van der Waals surface area contributed by atoms with E-state index in [4.69, 9.17) is 4.74 Å². The zero-order chi connectivity index (χ0) is 13.5. The van der Waals surface area contributed by atoms with Gasteiger partial charge in [0, 0.05) is 31.9 Å². The van der Waals surface area contributed by atoms with Gasteiger partial charge in [0.25, 0.3) is 5.91 Å². The maximum absolute atomic E-state index is 12.6. The van der Waals surface area contributed by atoms with E-state index in [1.54, 1.807) is 0 Å². The van der Waals surface area contributed by atoms with Crippen LogP contribution in [0.5, 0.6) is 0 Å². The molecule has 1 saturated heterocycles. The van der Waals surface area contributed by atoms with Crippen LogP contribution in [0, 0.1) is 0 Å². The molecule has 1 N–H and O–H groups in total. The maximum atomic E-state index is 12.6. The third-order valence-electron chi connectivity index (χ3n) is 3.23. The van der Waals surface area contributed by atoms with Crippen molar-refractivity contribution < 1.29 is 9.53 Å². The Morgan fingerprint density at radius 1 is 1.32 bits per heavy atom. The zero-order valence-corrected chi connectivity index (χ0v) is 11.5. The van der Waals surface area contributed by atoms with Gasteiger partial charge in [-0.05, 0) is 25.0 Å². The Morgan fingerprint density at radius 2 is 2.16 bits per heavy atom. The summed E-state index contributed by atoms with van der Waals surface area (Å²) in [7, 11) is 0. The number of anilines is 1. The van der Waals surface area contributed by atoms with E-state index < -0.39 is 0 Å². The van der Waals surface area contributed by atoms with E-state index in [9.17, 15) is 4.79 Å². The number of carbonyl (C=O) groups excluding carboxylic acids is 1. The van der Waals surface area contributed by atoms with E-state index >= 15 is 0 Å². The summed E-state index contributed by atoms with van der Waals surface area (Å²) >= 11 is 0. The molecule has 1 aromatic rings. The maximum Gasteiger partial charge on any atom is 0.256 e. The summed E-state index contributed by atoms with van der Waals surface area (Å²) in [5.74, 6) is 0.102. The minimum Gasteiger partial charge on any atom is -0.384 e. The Labute approximate surface area is 114 Å². The molecule has 0 aromatic heterocycles. The van der Waals surface area contributed by atoms with Gasteiger partial charge in [0.15, 0.2) is 0 Å². The van der Waals surface area contributed by atoms with Gasteiger partial charge < -0.3 is 15.0 Å². The Hall–Kier alpha value is -1.55. The highest BCUT2D eigenvalue weighted by Crippen LogP contribution is 2.18. The summed E-state index contributed by atoms with van der Waals surface area (Å²) in [6.07, 6.45) is 1.95. The number of hydrogen-bond acceptors (Lipinski definition) is 3. The lowest BCUT2D eigenvalue weighted by Gasteiger charge is -2.21. The molecule has 0 bridgehead atoms. The molecule has 0 atom stereocenters. The second-order valence-corrected chi connectivity index (χ2v) is 4.73. The first-order valence-electron chi connectivity index (χ1n) is 7.03. The molecule has 19 heavy (non-hydrogen) atoms. The normalized spacial score (nSPS) is 15.9. The molecule has 4 heteroatoms. The molecule has 1 amide bonds. The fourth-order valence-corrected chi connectivity index (χ4v) is 2.20. The van der Waals surface area contributed by atoms with E-state index in [-0.39, 0.29) is 5.91 Å². The number of nitrogens with one attached hydrogen (secondary N) is 1. The Bertz CT molecular complexity index is 412. The molecule has 0 unspecified atom stereocenters. The van der Waals surface area contributed by atoms with Gasteiger partial charge in [0.1, 0.15) is 0 Å². The molecule has 1 aliphatic rings. The summed E-state index contributed by atoms with van der Waals surface area (Å²) in [6.45, 7) is 5.84. The first-order valence-corrected chi connectivity index (χ1v) is 7.03. The molecule has 1 aromatic carbocycles. The lowest BCUT2D eigenvalue weighted by molar-refractivity contribution is 0.0742. The van der Waals surface area contributed by atoms with E-state index in [2.05, 4.69) is 12.2 Å². The predicted molar refractivity (Wildman–Crippen MR) is 76.6 cm³/mol. The van der Waals surface area contributed by atoms with Crippen molar-refractivity contribution in [3.05, 3.63) is 29.8 Å². The highest BCUT2D eigenvalue weighted by atomic mass is 16.5. The molecule has 0 aliphatic carbocycles. The average Bonchev–Trinajstić information content (AvgIpc) is 2.73. The van der Waals surface area contributed by atoms with E-state index in [0.717, 1.165) is 43.8 Å². The third-order valence-corrected chi connectivity index (χ3v) is 3.23. The van der Waals surface area contributed by atoms with Crippen LogP contribution < -0.4 is 5.32 Å². The highest BCUT2D eigenvalue weighted by Gasteiger charge is 2.19. The van der Waals surface area contributed by atoms with Crippen molar-refractivity contribution in [2.45, 2.75) is 19.8 Å². The SMILES string of the molecule is CCCNc1ccccc1C(=O)N1CCCOCC1. The lowest BCUT2D eigenvalue weighted by Crippen LogP contribution is -2.33. The smallest absolute Gasteiger partial charge is 0.256 e. The fourth-order valence-electron chi connectivity index (χ4n) is 2.20. The van der Waals surface area contributed by atoms with E-state index in [1.807, 2.05) is 29.2 Å². The average molecular weight is 262 g/mol. The van der Waals surface area contributed by atoms with Gasteiger partial charge in [-0.2, -0.15) is 0 Å². The van der Waals surface area contributed by atoms with Crippen molar-refractivity contribution in [1.29, 1.82) is 0 Å². The number of amides is 1. The van der Waals surface area contributed by atoms with E-state index in [1.165, 1.54) is 0 Å². The standard InChI is InChI=1S/C15H22N2O2/c1-2-8-16-14-7-4-3-6-13(14)15(18)17-9-5-11-19-12-10-17/h3-4,6-7,16H,2,5,8-12H2,1H3. The number of ether oxygens (including phenoxy) is 1. The first-order chi connectivity index (χ1) is 9.33. The fraction of sp³-hybridized carbons (Fsp3) is 0.533. The number of carbonyl (C=O) groups is 1. The number of para-hydroxylation sites is 1. The Morgan fingerprint density at radius 3 is 3.00 bits per heavy atom. The first kappa shape index (κ1) is 13.9. The van der Waals surface area contributed by atoms with Gasteiger partial charge >= 0.3 is 0 Å². The summed E-state index contributed by atoms with van der Waals surface area (Å²) in [4.78, 5) is 14.5. The predicted octanol–water partition coefficient (Wildman–Crippen LogP) is 2.37. The third kappa shape index (κ3) is 3.70. The van der Waals surface area contributed by atoms with Crippen molar-refractivity contribution in [3.63, 3.8) is 0 Å². The largest absolute Gasteiger partial charge is 0.384 e. The molecule has 4 nitrogen and oxygen atoms in total. The Kier molecular flexibility index (Phi) is 5.21. The zero-order valence-electron chi connectivity index (χ0n) is 11.5. The van der Waals surface area contributed by atoms with Crippen LogP contribution in [0.2, 0.25) is 0 Å². The van der Waals surface area contributed by atoms with Crippen LogP contribution in [-0.2, 0) is 4.74 Å². The molecule has 104 valence electrons. The number of rotatable bonds is 4. The van der Waals surface area contributed by atoms with Crippen LogP contribution in [0.15, 0.2) is 24.3 Å². The van der Waals surface area contributed by atoms with Crippen molar-refractivity contribution >= 4 is 11.6 Å². The van der Waals surface area contributed by atoms with Crippen molar-refractivity contribution in [3.8, 4) is 0 Å². The van der Waals surface area contributed by atoms with Gasteiger partial charge in [-0.3, -0.25) is 4.79 Å². The minimum absolute atomic E-state index is 0.102. The van der Waals surface area contributed by atoms with Crippen LogP contribution >= 0.6 is 0 Å². The molecule has 0 radical (unpaired) electrons. The summed E-state index contributed by atoms with van der Waals surface area (Å²) in [5, 5.41) is 3.32. The monoisotopic (exact) mass is 262 g/mol. The molecular weight excluding hydrogens is 240 g/mol. The topological polar surface area (TPSA) is 41.6 Å². The van der Waals surface area contributed by atoms with Crippen LogP contribution in [0.1, 0.15) is 30.1 Å². The highest BCUT2D eigenvalue weighted by molar-refractivity contribution is 5.99. The van der Waals surface area contributed by atoms with Crippen molar-refractivity contribution in [1.82, 2.24) is 4.90 Å². The molecule has 1 fully saturated rings. The van der Waals surface area contributed by atoms with Crippen LogP contribution in [0.25, 0.3) is 0 Å². The summed E-state index contributed by atoms with van der Waals surface area (Å²) in [5.41, 5.74) is 1.69. The number of nitrogens with zero attached hydrogens (tertiary/aromatic N) is 1.